The highest BCUT2D eigenvalue weighted by Crippen LogP contribution is 2.21. The van der Waals surface area contributed by atoms with Crippen molar-refractivity contribution in [1.29, 1.82) is 0 Å². The van der Waals surface area contributed by atoms with Crippen LogP contribution in [0.1, 0.15) is 52.4 Å². The lowest BCUT2D eigenvalue weighted by atomic mass is 10.0. The SMILES string of the molecule is CCCC(C)CN1CCC(N2CCCC2)CC1. The summed E-state index contributed by atoms with van der Waals surface area (Å²) >= 11 is 0. The van der Waals surface area contributed by atoms with Crippen LogP contribution in [0.3, 0.4) is 0 Å². The molecule has 0 N–H and O–H groups in total. The summed E-state index contributed by atoms with van der Waals surface area (Å²) in [6, 6.07) is 0.912. The Kier molecular flexibility index (Phi) is 5.30. The van der Waals surface area contributed by atoms with Gasteiger partial charge in [0.2, 0.25) is 0 Å². The molecule has 2 saturated heterocycles. The van der Waals surface area contributed by atoms with Crippen molar-refractivity contribution in [1.82, 2.24) is 9.80 Å². The molecule has 0 spiro atoms. The Bertz CT molecular complexity index is 203. The molecule has 2 aliphatic heterocycles. The van der Waals surface area contributed by atoms with Crippen LogP contribution in [0.5, 0.6) is 0 Å². The molecule has 1 unspecified atom stereocenters. The van der Waals surface area contributed by atoms with Crippen molar-refractivity contribution in [2.45, 2.75) is 58.4 Å². The van der Waals surface area contributed by atoms with Crippen molar-refractivity contribution in [3.05, 3.63) is 0 Å². The van der Waals surface area contributed by atoms with Crippen molar-refractivity contribution >= 4 is 0 Å². The van der Waals surface area contributed by atoms with Gasteiger partial charge in [0.15, 0.2) is 0 Å². The fourth-order valence-corrected chi connectivity index (χ4v) is 3.60. The molecule has 0 aromatic carbocycles. The van der Waals surface area contributed by atoms with Crippen molar-refractivity contribution in [3.63, 3.8) is 0 Å². The molecule has 2 heteroatoms. The average molecular weight is 238 g/mol. The highest BCUT2D eigenvalue weighted by molar-refractivity contribution is 4.82. The molecule has 0 aliphatic carbocycles. The second kappa shape index (κ2) is 6.75. The number of piperidine rings is 1. The minimum absolute atomic E-state index is 0.892. The second-order valence-electron chi connectivity index (χ2n) is 6.17. The molecule has 2 aliphatic rings. The van der Waals surface area contributed by atoms with Gasteiger partial charge in [0.1, 0.15) is 0 Å². The van der Waals surface area contributed by atoms with Crippen LogP contribution in [-0.2, 0) is 0 Å². The first-order chi connectivity index (χ1) is 8.29. The van der Waals surface area contributed by atoms with E-state index < -0.39 is 0 Å². The summed E-state index contributed by atoms with van der Waals surface area (Å²) in [6.45, 7) is 11.5. The first-order valence-electron chi connectivity index (χ1n) is 7.76. The molecule has 1 atom stereocenters. The Morgan fingerprint density at radius 3 is 2.29 bits per heavy atom. The Labute approximate surface area is 107 Å². The van der Waals surface area contributed by atoms with Gasteiger partial charge in [0, 0.05) is 12.6 Å². The molecule has 0 aromatic heterocycles. The molecule has 2 rings (SSSR count). The average Bonchev–Trinajstić information content (AvgIpc) is 2.84. The van der Waals surface area contributed by atoms with Crippen LogP contribution in [0.25, 0.3) is 0 Å². The zero-order valence-corrected chi connectivity index (χ0v) is 11.8. The van der Waals surface area contributed by atoms with Gasteiger partial charge < -0.3 is 9.80 Å². The third-order valence-corrected chi connectivity index (χ3v) is 4.57. The second-order valence-corrected chi connectivity index (χ2v) is 6.17. The van der Waals surface area contributed by atoms with E-state index in [0.29, 0.717) is 0 Å². The molecule has 2 nitrogen and oxygen atoms in total. The number of hydrogen-bond donors (Lipinski definition) is 0. The van der Waals surface area contributed by atoms with Gasteiger partial charge in [-0.25, -0.2) is 0 Å². The summed E-state index contributed by atoms with van der Waals surface area (Å²) in [7, 11) is 0. The van der Waals surface area contributed by atoms with Gasteiger partial charge in [-0.15, -0.1) is 0 Å². The Morgan fingerprint density at radius 2 is 1.71 bits per heavy atom. The van der Waals surface area contributed by atoms with Crippen molar-refractivity contribution < 1.29 is 0 Å². The maximum absolute atomic E-state index is 2.74. The molecular formula is C15H30N2. The predicted octanol–water partition coefficient (Wildman–Crippen LogP) is 2.98. The van der Waals surface area contributed by atoms with Gasteiger partial charge in [-0.1, -0.05) is 20.3 Å². The van der Waals surface area contributed by atoms with Crippen LogP contribution in [0.15, 0.2) is 0 Å². The van der Waals surface area contributed by atoms with E-state index in [1.807, 2.05) is 0 Å². The minimum Gasteiger partial charge on any atom is -0.303 e. The number of nitrogens with zero attached hydrogens (tertiary/aromatic N) is 2. The Hall–Kier alpha value is -0.0800. The molecule has 17 heavy (non-hydrogen) atoms. The highest BCUT2D eigenvalue weighted by atomic mass is 15.2. The molecule has 2 heterocycles. The smallest absolute Gasteiger partial charge is 0.0120 e. The van der Waals surface area contributed by atoms with E-state index in [-0.39, 0.29) is 0 Å². The van der Waals surface area contributed by atoms with E-state index in [1.54, 1.807) is 0 Å². The molecule has 0 saturated carbocycles. The van der Waals surface area contributed by atoms with Crippen molar-refractivity contribution in [3.8, 4) is 0 Å². The predicted molar refractivity (Wildman–Crippen MR) is 74.3 cm³/mol. The quantitative estimate of drug-likeness (QED) is 0.726. The van der Waals surface area contributed by atoms with E-state index in [1.165, 1.54) is 71.2 Å². The van der Waals surface area contributed by atoms with Gasteiger partial charge in [0.05, 0.1) is 0 Å². The van der Waals surface area contributed by atoms with Crippen LogP contribution in [-0.4, -0.2) is 48.6 Å². The summed E-state index contributed by atoms with van der Waals surface area (Å²) in [6.07, 6.45) is 8.44. The van der Waals surface area contributed by atoms with E-state index in [9.17, 15) is 0 Å². The normalized spacial score (nSPS) is 26.5. The fraction of sp³-hybridized carbons (Fsp3) is 1.00. The lowest BCUT2D eigenvalue weighted by molar-refractivity contribution is 0.115. The van der Waals surface area contributed by atoms with Crippen LogP contribution < -0.4 is 0 Å². The summed E-state index contributed by atoms with van der Waals surface area (Å²) in [5.74, 6) is 0.892. The van der Waals surface area contributed by atoms with E-state index in [4.69, 9.17) is 0 Å². The Balaban J connectivity index is 1.66. The van der Waals surface area contributed by atoms with E-state index >= 15 is 0 Å². The zero-order valence-electron chi connectivity index (χ0n) is 11.8. The third-order valence-electron chi connectivity index (χ3n) is 4.57. The summed E-state index contributed by atoms with van der Waals surface area (Å²) < 4.78 is 0. The zero-order chi connectivity index (χ0) is 12.1. The topological polar surface area (TPSA) is 6.48 Å². The lowest BCUT2D eigenvalue weighted by Gasteiger charge is -2.37. The lowest BCUT2D eigenvalue weighted by Crippen LogP contribution is -2.44. The van der Waals surface area contributed by atoms with Gasteiger partial charge in [-0.2, -0.15) is 0 Å². The largest absolute Gasteiger partial charge is 0.303 e. The van der Waals surface area contributed by atoms with Crippen LogP contribution in [0, 0.1) is 5.92 Å². The van der Waals surface area contributed by atoms with Gasteiger partial charge in [-0.05, 0) is 64.2 Å². The fourth-order valence-electron chi connectivity index (χ4n) is 3.60. The first kappa shape index (κ1) is 13.4. The van der Waals surface area contributed by atoms with Crippen LogP contribution in [0.2, 0.25) is 0 Å². The maximum Gasteiger partial charge on any atom is 0.0120 e. The highest BCUT2D eigenvalue weighted by Gasteiger charge is 2.26. The molecule has 100 valence electrons. The van der Waals surface area contributed by atoms with Crippen molar-refractivity contribution in [2.24, 2.45) is 5.92 Å². The van der Waals surface area contributed by atoms with Gasteiger partial charge in [0.25, 0.3) is 0 Å². The van der Waals surface area contributed by atoms with Gasteiger partial charge >= 0.3 is 0 Å². The van der Waals surface area contributed by atoms with Gasteiger partial charge in [-0.3, -0.25) is 0 Å². The third kappa shape index (κ3) is 3.96. The molecule has 0 bridgehead atoms. The first-order valence-corrected chi connectivity index (χ1v) is 7.76. The number of rotatable bonds is 5. The minimum atomic E-state index is 0.892. The number of hydrogen-bond acceptors (Lipinski definition) is 2. The van der Waals surface area contributed by atoms with Crippen LogP contribution in [0.4, 0.5) is 0 Å². The molecular weight excluding hydrogens is 208 g/mol. The molecule has 2 fully saturated rings. The van der Waals surface area contributed by atoms with E-state index in [0.717, 1.165) is 12.0 Å². The standard InChI is InChI=1S/C15H30N2/c1-3-6-14(2)13-16-11-7-15(8-12-16)17-9-4-5-10-17/h14-15H,3-13H2,1-2H3. The molecule has 0 radical (unpaired) electrons. The summed E-state index contributed by atoms with van der Waals surface area (Å²) in [5.41, 5.74) is 0. The number of likely N-dealkylation sites (tertiary alicyclic amines) is 2. The van der Waals surface area contributed by atoms with E-state index in [2.05, 4.69) is 23.6 Å². The molecule has 0 aromatic rings. The van der Waals surface area contributed by atoms with Crippen LogP contribution >= 0.6 is 0 Å². The van der Waals surface area contributed by atoms with Crippen molar-refractivity contribution in [2.75, 3.05) is 32.7 Å². The summed E-state index contributed by atoms with van der Waals surface area (Å²) in [4.78, 5) is 5.44. The Morgan fingerprint density at radius 1 is 1.06 bits per heavy atom. The summed E-state index contributed by atoms with van der Waals surface area (Å²) in [5, 5.41) is 0. The molecule has 0 amide bonds. The monoisotopic (exact) mass is 238 g/mol. The maximum atomic E-state index is 2.74.